The van der Waals surface area contributed by atoms with Gasteiger partial charge in [-0.05, 0) is 61.9 Å². The number of nitrogens with zero attached hydrogens (tertiary/aromatic N) is 5. The highest BCUT2D eigenvalue weighted by molar-refractivity contribution is 6.00. The zero-order chi connectivity index (χ0) is 21.8. The lowest BCUT2D eigenvalue weighted by molar-refractivity contribution is 0.0792. The van der Waals surface area contributed by atoms with E-state index < -0.39 is 0 Å². The van der Waals surface area contributed by atoms with Crippen LogP contribution < -0.4 is 4.74 Å². The van der Waals surface area contributed by atoms with Crippen LogP contribution in [0.15, 0.2) is 36.5 Å². The predicted octanol–water partition coefficient (Wildman–Crippen LogP) is 4.24. The number of likely N-dealkylation sites (tertiary alicyclic amines) is 1. The molecular formula is C25H27N5O2. The lowest BCUT2D eigenvalue weighted by Gasteiger charge is -2.16. The van der Waals surface area contributed by atoms with Crippen molar-refractivity contribution in [2.75, 3.05) is 20.2 Å². The maximum Gasteiger partial charge on any atom is 0.254 e. The standard InChI is InChI=1S/C25H27N5O2/c1-28-22-19(12-18(14-21(22)32-2)25(31)29-10-3-4-11-29)27-24(28)20-13-17-6-5-9-26-23(17)30(20)15-16-7-8-16/h5-6,9,12-14,16H,3-4,7-8,10-11,15H2,1-2H3. The second-order valence-corrected chi connectivity index (χ2v) is 9.04. The zero-order valence-electron chi connectivity index (χ0n) is 18.5. The fraction of sp³-hybridized carbons (Fsp3) is 0.400. The summed E-state index contributed by atoms with van der Waals surface area (Å²) in [7, 11) is 3.67. The van der Waals surface area contributed by atoms with Crippen LogP contribution in [0.4, 0.5) is 0 Å². The van der Waals surface area contributed by atoms with Crippen LogP contribution in [0.2, 0.25) is 0 Å². The molecule has 1 aromatic carbocycles. The minimum Gasteiger partial charge on any atom is -0.494 e. The Balaban J connectivity index is 1.52. The molecule has 1 amide bonds. The molecule has 4 heterocycles. The van der Waals surface area contributed by atoms with Crippen molar-refractivity contribution >= 4 is 28.0 Å². The summed E-state index contributed by atoms with van der Waals surface area (Å²) < 4.78 is 10.1. The largest absolute Gasteiger partial charge is 0.494 e. The molecule has 7 heteroatoms. The first-order valence-corrected chi connectivity index (χ1v) is 11.4. The number of methoxy groups -OCH3 is 1. The second-order valence-electron chi connectivity index (χ2n) is 9.04. The van der Waals surface area contributed by atoms with E-state index in [0.29, 0.717) is 17.2 Å². The van der Waals surface area contributed by atoms with E-state index >= 15 is 0 Å². The molecule has 2 aliphatic rings. The van der Waals surface area contributed by atoms with Gasteiger partial charge in [0.25, 0.3) is 5.91 Å². The molecule has 1 aliphatic heterocycles. The fourth-order valence-corrected chi connectivity index (χ4v) is 4.94. The molecule has 2 fully saturated rings. The summed E-state index contributed by atoms with van der Waals surface area (Å²) in [6, 6.07) is 10.0. The zero-order valence-corrected chi connectivity index (χ0v) is 18.5. The minimum atomic E-state index is 0.0574. The second kappa shape index (κ2) is 7.36. The number of ether oxygens (including phenoxy) is 1. The first-order chi connectivity index (χ1) is 15.6. The van der Waals surface area contributed by atoms with Gasteiger partial charge in [0, 0.05) is 43.8 Å². The average Bonchev–Trinajstić information content (AvgIpc) is 3.20. The Kier molecular flexibility index (Phi) is 4.45. The number of carbonyl (C=O) groups is 1. The van der Waals surface area contributed by atoms with E-state index in [2.05, 4.69) is 26.3 Å². The van der Waals surface area contributed by atoms with Crippen LogP contribution in [0.3, 0.4) is 0 Å². The van der Waals surface area contributed by atoms with Gasteiger partial charge in [-0.3, -0.25) is 4.79 Å². The molecule has 32 heavy (non-hydrogen) atoms. The van der Waals surface area contributed by atoms with Gasteiger partial charge in [-0.2, -0.15) is 0 Å². The van der Waals surface area contributed by atoms with Crippen molar-refractivity contribution in [1.82, 2.24) is 24.0 Å². The van der Waals surface area contributed by atoms with Gasteiger partial charge in [-0.25, -0.2) is 9.97 Å². The lowest BCUT2D eigenvalue weighted by Crippen LogP contribution is -2.27. The van der Waals surface area contributed by atoms with E-state index in [1.807, 2.05) is 36.3 Å². The van der Waals surface area contributed by atoms with Gasteiger partial charge in [-0.1, -0.05) is 0 Å². The highest BCUT2D eigenvalue weighted by atomic mass is 16.5. The number of carbonyl (C=O) groups excluding carboxylic acids is 1. The van der Waals surface area contributed by atoms with Crippen LogP contribution in [0.25, 0.3) is 33.6 Å². The highest BCUT2D eigenvalue weighted by Gasteiger charge is 2.27. The Labute approximate surface area is 186 Å². The van der Waals surface area contributed by atoms with Gasteiger partial charge in [0.1, 0.15) is 16.9 Å². The summed E-state index contributed by atoms with van der Waals surface area (Å²) >= 11 is 0. The number of aryl methyl sites for hydroxylation is 1. The maximum atomic E-state index is 13.0. The quantitative estimate of drug-likeness (QED) is 0.476. The van der Waals surface area contributed by atoms with Crippen molar-refractivity contribution in [2.45, 2.75) is 32.2 Å². The Morgan fingerprint density at radius 2 is 2.00 bits per heavy atom. The van der Waals surface area contributed by atoms with Crippen molar-refractivity contribution in [3.8, 4) is 17.3 Å². The number of aromatic nitrogens is 4. The first kappa shape index (κ1) is 19.3. The van der Waals surface area contributed by atoms with E-state index in [1.165, 1.54) is 12.8 Å². The lowest BCUT2D eigenvalue weighted by atomic mass is 10.1. The number of pyridine rings is 1. The van der Waals surface area contributed by atoms with Gasteiger partial charge in [-0.15, -0.1) is 0 Å². The molecule has 0 N–H and O–H groups in total. The summed E-state index contributed by atoms with van der Waals surface area (Å²) in [4.78, 5) is 24.6. The number of hydrogen-bond donors (Lipinski definition) is 0. The molecule has 0 bridgehead atoms. The Morgan fingerprint density at radius 3 is 2.75 bits per heavy atom. The SMILES string of the molecule is COc1cc(C(=O)N2CCCC2)cc2nc(-c3cc4cccnc4n3CC3CC3)n(C)c12. The molecule has 164 valence electrons. The van der Waals surface area contributed by atoms with Crippen LogP contribution >= 0.6 is 0 Å². The average molecular weight is 430 g/mol. The molecule has 1 saturated heterocycles. The smallest absolute Gasteiger partial charge is 0.254 e. The third-order valence-electron chi connectivity index (χ3n) is 6.82. The molecular weight excluding hydrogens is 402 g/mol. The van der Waals surface area contributed by atoms with Crippen LogP contribution in [0.5, 0.6) is 5.75 Å². The number of fused-ring (bicyclic) bond motifs is 2. The number of amides is 1. The summed E-state index contributed by atoms with van der Waals surface area (Å²) in [6.45, 7) is 2.59. The number of rotatable bonds is 5. The van der Waals surface area contributed by atoms with Gasteiger partial charge in [0.05, 0.1) is 18.3 Å². The van der Waals surface area contributed by atoms with Crippen LogP contribution in [-0.2, 0) is 13.6 Å². The molecule has 7 nitrogen and oxygen atoms in total. The van der Waals surface area contributed by atoms with Crippen molar-refractivity contribution in [2.24, 2.45) is 13.0 Å². The minimum absolute atomic E-state index is 0.0574. The monoisotopic (exact) mass is 429 g/mol. The molecule has 6 rings (SSSR count). The molecule has 0 atom stereocenters. The third-order valence-corrected chi connectivity index (χ3v) is 6.82. The van der Waals surface area contributed by atoms with E-state index in [1.54, 1.807) is 7.11 Å². The number of benzene rings is 1. The molecule has 1 saturated carbocycles. The van der Waals surface area contributed by atoms with Crippen LogP contribution in [-0.4, -0.2) is 50.1 Å². The Bertz CT molecular complexity index is 1340. The topological polar surface area (TPSA) is 65.2 Å². The number of hydrogen-bond acceptors (Lipinski definition) is 4. The number of imidazole rings is 1. The highest BCUT2D eigenvalue weighted by Crippen LogP contribution is 2.37. The van der Waals surface area contributed by atoms with Crippen molar-refractivity contribution in [3.05, 3.63) is 42.1 Å². The molecule has 1 aliphatic carbocycles. The Morgan fingerprint density at radius 1 is 1.19 bits per heavy atom. The van der Waals surface area contributed by atoms with E-state index in [-0.39, 0.29) is 5.91 Å². The van der Waals surface area contributed by atoms with Crippen LogP contribution in [0, 0.1) is 5.92 Å². The molecule has 3 aromatic heterocycles. The fourth-order valence-electron chi connectivity index (χ4n) is 4.94. The summed E-state index contributed by atoms with van der Waals surface area (Å²) in [5, 5.41) is 1.12. The summed E-state index contributed by atoms with van der Waals surface area (Å²) in [5.41, 5.74) is 4.37. The molecule has 0 radical (unpaired) electrons. The van der Waals surface area contributed by atoms with Crippen LogP contribution in [0.1, 0.15) is 36.0 Å². The normalized spacial score (nSPS) is 16.4. The van der Waals surface area contributed by atoms with Crippen molar-refractivity contribution < 1.29 is 9.53 Å². The van der Waals surface area contributed by atoms with Gasteiger partial charge >= 0.3 is 0 Å². The van der Waals surface area contributed by atoms with E-state index in [4.69, 9.17) is 9.72 Å². The molecule has 0 spiro atoms. The summed E-state index contributed by atoms with van der Waals surface area (Å²) in [6.07, 6.45) is 6.52. The van der Waals surface area contributed by atoms with E-state index in [0.717, 1.165) is 66.1 Å². The van der Waals surface area contributed by atoms with E-state index in [9.17, 15) is 4.79 Å². The van der Waals surface area contributed by atoms with Gasteiger partial charge < -0.3 is 18.8 Å². The molecule has 4 aromatic rings. The van der Waals surface area contributed by atoms with Crippen molar-refractivity contribution in [1.29, 1.82) is 0 Å². The Hall–Kier alpha value is -3.35. The maximum absolute atomic E-state index is 13.0. The van der Waals surface area contributed by atoms with Crippen molar-refractivity contribution in [3.63, 3.8) is 0 Å². The van der Waals surface area contributed by atoms with Gasteiger partial charge in [0.15, 0.2) is 5.82 Å². The summed E-state index contributed by atoms with van der Waals surface area (Å²) in [5.74, 6) is 2.30. The molecule has 0 unspecified atom stereocenters. The van der Waals surface area contributed by atoms with Gasteiger partial charge in [0.2, 0.25) is 0 Å². The predicted molar refractivity (Wildman–Crippen MR) is 124 cm³/mol. The first-order valence-electron chi connectivity index (χ1n) is 11.4. The third kappa shape index (κ3) is 3.06.